The predicted molar refractivity (Wildman–Crippen MR) is 87.5 cm³/mol. The number of nitrogens with zero attached hydrogens (tertiary/aromatic N) is 4. The second-order valence-electron chi connectivity index (χ2n) is 4.71. The Bertz CT molecular complexity index is 959. The molecule has 4 rings (SSSR count). The SMILES string of the molecule is O=C(OCc1csc(-c2cccs2)n1)c1ccc2nncn2c1. The van der Waals surface area contributed by atoms with Gasteiger partial charge in [0, 0.05) is 11.6 Å². The van der Waals surface area contributed by atoms with E-state index < -0.39 is 5.97 Å². The van der Waals surface area contributed by atoms with Crippen LogP contribution in [0.25, 0.3) is 15.5 Å². The summed E-state index contributed by atoms with van der Waals surface area (Å²) in [6.45, 7) is 0.154. The van der Waals surface area contributed by atoms with Gasteiger partial charge in [0.05, 0.1) is 16.1 Å². The molecule has 0 atom stereocenters. The molecule has 0 aliphatic rings. The number of pyridine rings is 1. The average Bonchev–Trinajstić information content (AvgIpc) is 3.32. The van der Waals surface area contributed by atoms with Crippen molar-refractivity contribution < 1.29 is 9.53 Å². The maximum absolute atomic E-state index is 12.1. The molecular formula is C15H10N4O2S2. The standard InChI is InChI=1S/C15H10N4O2S2/c20-15(10-3-4-13-18-16-9-19(13)6-10)21-7-11-8-23-14(17-11)12-2-1-5-22-12/h1-6,8-9H,7H2. The van der Waals surface area contributed by atoms with Crippen molar-refractivity contribution in [3.05, 3.63) is 58.8 Å². The van der Waals surface area contributed by atoms with E-state index in [0.717, 1.165) is 15.6 Å². The predicted octanol–water partition coefficient (Wildman–Crippen LogP) is 3.27. The van der Waals surface area contributed by atoms with E-state index in [1.807, 2.05) is 22.9 Å². The maximum atomic E-state index is 12.1. The molecule has 0 aromatic carbocycles. The van der Waals surface area contributed by atoms with E-state index in [1.165, 1.54) is 0 Å². The molecule has 8 heteroatoms. The summed E-state index contributed by atoms with van der Waals surface area (Å²) in [6, 6.07) is 7.40. The van der Waals surface area contributed by atoms with Gasteiger partial charge in [0.2, 0.25) is 0 Å². The highest BCUT2D eigenvalue weighted by atomic mass is 32.1. The van der Waals surface area contributed by atoms with Crippen LogP contribution in [0, 0.1) is 0 Å². The van der Waals surface area contributed by atoms with Crippen molar-refractivity contribution in [3.63, 3.8) is 0 Å². The van der Waals surface area contributed by atoms with Crippen LogP contribution in [0.1, 0.15) is 16.1 Å². The van der Waals surface area contributed by atoms with E-state index in [4.69, 9.17) is 4.74 Å². The first-order valence-corrected chi connectivity index (χ1v) is 8.50. The van der Waals surface area contributed by atoms with Crippen molar-refractivity contribution in [2.75, 3.05) is 0 Å². The molecule has 0 unspecified atom stereocenters. The first kappa shape index (κ1) is 14.0. The molecule has 4 aromatic rings. The number of ether oxygens (including phenoxy) is 1. The quantitative estimate of drug-likeness (QED) is 0.532. The molecule has 0 saturated carbocycles. The molecule has 0 spiro atoms. The van der Waals surface area contributed by atoms with Gasteiger partial charge < -0.3 is 4.74 Å². The van der Waals surface area contributed by atoms with Gasteiger partial charge in [-0.2, -0.15) is 0 Å². The first-order chi connectivity index (χ1) is 11.3. The molecular weight excluding hydrogens is 332 g/mol. The van der Waals surface area contributed by atoms with E-state index in [2.05, 4.69) is 15.2 Å². The molecule has 4 aromatic heterocycles. The fraction of sp³-hybridized carbons (Fsp3) is 0.0667. The van der Waals surface area contributed by atoms with Gasteiger partial charge in [-0.05, 0) is 23.6 Å². The molecule has 0 saturated heterocycles. The minimum atomic E-state index is -0.397. The lowest BCUT2D eigenvalue weighted by atomic mass is 10.3. The van der Waals surface area contributed by atoms with Gasteiger partial charge >= 0.3 is 5.97 Å². The van der Waals surface area contributed by atoms with Crippen LogP contribution in [0.4, 0.5) is 0 Å². The van der Waals surface area contributed by atoms with Crippen molar-refractivity contribution >= 4 is 34.3 Å². The van der Waals surface area contributed by atoms with Crippen LogP contribution in [0.3, 0.4) is 0 Å². The van der Waals surface area contributed by atoms with Gasteiger partial charge in [-0.25, -0.2) is 9.78 Å². The third-order valence-corrected chi connectivity index (χ3v) is 5.09. The Kier molecular flexibility index (Phi) is 3.60. The van der Waals surface area contributed by atoms with Gasteiger partial charge in [0.25, 0.3) is 0 Å². The van der Waals surface area contributed by atoms with Crippen LogP contribution in [-0.2, 0) is 11.3 Å². The Morgan fingerprint density at radius 2 is 2.22 bits per heavy atom. The Labute approximate surface area is 139 Å². The van der Waals surface area contributed by atoms with Crippen LogP contribution in [0.5, 0.6) is 0 Å². The highest BCUT2D eigenvalue weighted by Crippen LogP contribution is 2.28. The number of fused-ring (bicyclic) bond motifs is 1. The molecule has 0 bridgehead atoms. The third-order valence-electron chi connectivity index (χ3n) is 3.16. The summed E-state index contributed by atoms with van der Waals surface area (Å²) in [6.07, 6.45) is 3.19. The molecule has 4 heterocycles. The van der Waals surface area contributed by atoms with Gasteiger partial charge in [0.1, 0.15) is 17.9 Å². The minimum Gasteiger partial charge on any atom is -0.456 e. The Morgan fingerprint density at radius 1 is 1.26 bits per heavy atom. The molecule has 0 radical (unpaired) electrons. The minimum absolute atomic E-state index is 0.154. The van der Waals surface area contributed by atoms with Crippen molar-refractivity contribution in [2.24, 2.45) is 0 Å². The molecule has 6 nitrogen and oxygen atoms in total. The van der Waals surface area contributed by atoms with Crippen LogP contribution in [-0.4, -0.2) is 25.6 Å². The number of thiazole rings is 1. The Morgan fingerprint density at radius 3 is 3.09 bits per heavy atom. The summed E-state index contributed by atoms with van der Waals surface area (Å²) in [5.41, 5.74) is 1.88. The number of esters is 1. The molecule has 0 amide bonds. The number of aromatic nitrogens is 4. The molecule has 0 fully saturated rings. The van der Waals surface area contributed by atoms with Crippen molar-refractivity contribution in [2.45, 2.75) is 6.61 Å². The summed E-state index contributed by atoms with van der Waals surface area (Å²) in [5, 5.41) is 12.5. The second-order valence-corrected chi connectivity index (χ2v) is 6.52. The van der Waals surface area contributed by atoms with E-state index in [1.54, 1.807) is 51.7 Å². The number of hydrogen-bond donors (Lipinski definition) is 0. The summed E-state index contributed by atoms with van der Waals surface area (Å²) in [7, 11) is 0. The normalized spacial score (nSPS) is 11.0. The molecule has 0 N–H and O–H groups in total. The van der Waals surface area contributed by atoms with Crippen LogP contribution in [0.15, 0.2) is 47.5 Å². The van der Waals surface area contributed by atoms with Gasteiger partial charge in [-0.3, -0.25) is 4.40 Å². The number of thiophene rings is 1. The van der Waals surface area contributed by atoms with Crippen molar-refractivity contribution in [1.29, 1.82) is 0 Å². The van der Waals surface area contributed by atoms with E-state index in [0.29, 0.717) is 11.2 Å². The van der Waals surface area contributed by atoms with Crippen molar-refractivity contribution in [1.82, 2.24) is 19.6 Å². The van der Waals surface area contributed by atoms with E-state index >= 15 is 0 Å². The molecule has 23 heavy (non-hydrogen) atoms. The zero-order chi connectivity index (χ0) is 15.6. The smallest absolute Gasteiger partial charge is 0.340 e. The first-order valence-electron chi connectivity index (χ1n) is 6.74. The van der Waals surface area contributed by atoms with Crippen LogP contribution < -0.4 is 0 Å². The van der Waals surface area contributed by atoms with Gasteiger partial charge in [-0.1, -0.05) is 6.07 Å². The number of carbonyl (C=O) groups is 1. The Hall–Kier alpha value is -2.58. The number of hydrogen-bond acceptors (Lipinski definition) is 7. The maximum Gasteiger partial charge on any atom is 0.340 e. The monoisotopic (exact) mass is 342 g/mol. The topological polar surface area (TPSA) is 69.4 Å². The molecule has 0 aliphatic carbocycles. The van der Waals surface area contributed by atoms with Crippen molar-refractivity contribution in [3.8, 4) is 9.88 Å². The van der Waals surface area contributed by atoms with E-state index in [9.17, 15) is 4.79 Å². The lowest BCUT2D eigenvalue weighted by Gasteiger charge is -2.03. The summed E-state index contributed by atoms with van der Waals surface area (Å²) in [4.78, 5) is 17.7. The van der Waals surface area contributed by atoms with Crippen LogP contribution >= 0.6 is 22.7 Å². The highest BCUT2D eigenvalue weighted by Gasteiger charge is 2.11. The Balaban J connectivity index is 1.45. The van der Waals surface area contributed by atoms with E-state index in [-0.39, 0.29) is 6.61 Å². The highest BCUT2D eigenvalue weighted by molar-refractivity contribution is 7.20. The van der Waals surface area contributed by atoms with Crippen LogP contribution in [0.2, 0.25) is 0 Å². The second kappa shape index (κ2) is 5.90. The van der Waals surface area contributed by atoms with Gasteiger partial charge in [0.15, 0.2) is 5.65 Å². The number of carbonyl (C=O) groups excluding carboxylic acids is 1. The molecule has 114 valence electrons. The summed E-state index contributed by atoms with van der Waals surface area (Å²) in [5.74, 6) is -0.397. The summed E-state index contributed by atoms with van der Waals surface area (Å²) < 4.78 is 7.00. The zero-order valence-electron chi connectivity index (χ0n) is 11.7. The largest absolute Gasteiger partial charge is 0.456 e. The fourth-order valence-electron chi connectivity index (χ4n) is 2.06. The fourth-order valence-corrected chi connectivity index (χ4v) is 3.68. The lowest BCUT2D eigenvalue weighted by molar-refractivity contribution is 0.0468. The lowest BCUT2D eigenvalue weighted by Crippen LogP contribution is -2.06. The molecule has 0 aliphatic heterocycles. The zero-order valence-corrected chi connectivity index (χ0v) is 13.4. The third kappa shape index (κ3) is 2.86. The summed E-state index contributed by atoms with van der Waals surface area (Å²) >= 11 is 3.18. The number of rotatable bonds is 4. The van der Waals surface area contributed by atoms with Gasteiger partial charge in [-0.15, -0.1) is 32.9 Å². The average molecular weight is 342 g/mol.